The van der Waals surface area contributed by atoms with Crippen molar-refractivity contribution < 1.29 is 27.5 Å². The van der Waals surface area contributed by atoms with E-state index in [0.717, 1.165) is 4.31 Å². The van der Waals surface area contributed by atoms with Gasteiger partial charge in [0.05, 0.1) is 16.1 Å². The third-order valence-electron chi connectivity index (χ3n) is 3.66. The minimum Gasteiger partial charge on any atom is -0.482 e. The van der Waals surface area contributed by atoms with E-state index >= 15 is 0 Å². The lowest BCUT2D eigenvalue weighted by molar-refractivity contribution is -0.118. The van der Waals surface area contributed by atoms with E-state index in [0.29, 0.717) is 11.4 Å². The van der Waals surface area contributed by atoms with E-state index in [2.05, 4.69) is 5.32 Å². The third-order valence-corrected chi connectivity index (χ3v) is 5.49. The van der Waals surface area contributed by atoms with Crippen molar-refractivity contribution in [3.05, 3.63) is 48.0 Å². The predicted octanol–water partition coefficient (Wildman–Crippen LogP) is 1.49. The molecule has 0 aliphatic carbocycles. The Labute approximate surface area is 150 Å². The summed E-state index contributed by atoms with van der Waals surface area (Å²) in [5.41, 5.74) is 0.611. The molecular weight excluding hydrogens is 360 g/mol. The first kappa shape index (κ1) is 17.9. The van der Waals surface area contributed by atoms with E-state index in [1.54, 1.807) is 12.1 Å². The van der Waals surface area contributed by atoms with Crippen molar-refractivity contribution in [3.63, 3.8) is 0 Å². The predicted molar refractivity (Wildman–Crippen MR) is 92.8 cm³/mol. The van der Waals surface area contributed by atoms with E-state index in [9.17, 15) is 18.0 Å². The van der Waals surface area contributed by atoms with Crippen LogP contribution < -0.4 is 14.8 Å². The molecule has 0 atom stereocenters. The number of benzene rings is 2. The second-order valence-electron chi connectivity index (χ2n) is 5.70. The molecular formula is C17H16N2O6S. The zero-order valence-corrected chi connectivity index (χ0v) is 14.9. The minimum atomic E-state index is -3.57. The molecule has 1 aliphatic heterocycles. The summed E-state index contributed by atoms with van der Waals surface area (Å²) in [5.74, 6) is -0.229. The minimum absolute atomic E-state index is 0.0612. The zero-order chi connectivity index (χ0) is 18.9. The van der Waals surface area contributed by atoms with Crippen LogP contribution in [0.1, 0.15) is 10.4 Å². The van der Waals surface area contributed by atoms with Gasteiger partial charge in [-0.15, -0.1) is 0 Å². The molecule has 136 valence electrons. The second kappa shape index (κ2) is 6.77. The standard InChI is InChI=1S/C17H16N2O6S/c1-19(2)26(22,23)13-6-3-11(4-7-13)17(21)25-12-5-8-15-14(9-12)18-16(20)10-24-15/h3-9H,10H2,1-2H3,(H,18,20). The average Bonchev–Trinajstić information content (AvgIpc) is 2.61. The van der Waals surface area contributed by atoms with Crippen molar-refractivity contribution in [2.45, 2.75) is 4.90 Å². The molecule has 0 fully saturated rings. The number of hydrogen-bond donors (Lipinski definition) is 1. The van der Waals surface area contributed by atoms with Gasteiger partial charge in [0.15, 0.2) is 6.61 Å². The van der Waals surface area contributed by atoms with Gasteiger partial charge in [-0.05, 0) is 36.4 Å². The smallest absolute Gasteiger partial charge is 0.343 e. The summed E-state index contributed by atoms with van der Waals surface area (Å²) in [6, 6.07) is 10.0. The Balaban J connectivity index is 1.76. The molecule has 0 aromatic heterocycles. The van der Waals surface area contributed by atoms with Gasteiger partial charge in [-0.25, -0.2) is 17.5 Å². The van der Waals surface area contributed by atoms with E-state index in [-0.39, 0.29) is 28.7 Å². The molecule has 0 saturated carbocycles. The number of anilines is 1. The van der Waals surface area contributed by atoms with Crippen molar-refractivity contribution >= 4 is 27.6 Å². The van der Waals surface area contributed by atoms with Crippen LogP contribution in [-0.2, 0) is 14.8 Å². The molecule has 1 N–H and O–H groups in total. The molecule has 0 saturated heterocycles. The number of esters is 1. The van der Waals surface area contributed by atoms with Crippen molar-refractivity contribution in [1.29, 1.82) is 0 Å². The van der Waals surface area contributed by atoms with Gasteiger partial charge in [0.2, 0.25) is 10.0 Å². The first-order valence-corrected chi connectivity index (χ1v) is 9.03. The largest absolute Gasteiger partial charge is 0.482 e. The van der Waals surface area contributed by atoms with Crippen LogP contribution in [-0.4, -0.2) is 45.3 Å². The fourth-order valence-corrected chi connectivity index (χ4v) is 3.17. The maximum Gasteiger partial charge on any atom is 0.343 e. The topological polar surface area (TPSA) is 102 Å². The maximum atomic E-state index is 12.2. The normalized spacial score (nSPS) is 13.6. The maximum absolute atomic E-state index is 12.2. The van der Waals surface area contributed by atoms with Crippen LogP contribution in [0, 0.1) is 0 Å². The van der Waals surface area contributed by atoms with Gasteiger partial charge in [0.25, 0.3) is 5.91 Å². The number of carbonyl (C=O) groups is 2. The van der Waals surface area contributed by atoms with E-state index < -0.39 is 16.0 Å². The quantitative estimate of drug-likeness (QED) is 0.641. The SMILES string of the molecule is CN(C)S(=O)(=O)c1ccc(C(=O)Oc2ccc3c(c2)NC(=O)CO3)cc1. The lowest BCUT2D eigenvalue weighted by Gasteiger charge is -2.18. The van der Waals surface area contributed by atoms with Gasteiger partial charge in [0, 0.05) is 20.2 Å². The Kier molecular flexibility index (Phi) is 4.66. The fourth-order valence-electron chi connectivity index (χ4n) is 2.27. The summed E-state index contributed by atoms with van der Waals surface area (Å²) in [4.78, 5) is 23.7. The van der Waals surface area contributed by atoms with Crippen molar-refractivity contribution in [2.75, 3.05) is 26.0 Å². The summed E-state index contributed by atoms with van der Waals surface area (Å²) in [5, 5.41) is 2.62. The highest BCUT2D eigenvalue weighted by Gasteiger charge is 2.19. The Hall–Kier alpha value is -2.91. The van der Waals surface area contributed by atoms with Crippen LogP contribution in [0.25, 0.3) is 0 Å². The van der Waals surface area contributed by atoms with Gasteiger partial charge >= 0.3 is 5.97 Å². The Morgan fingerprint density at radius 1 is 1.15 bits per heavy atom. The molecule has 1 heterocycles. The highest BCUT2D eigenvalue weighted by Crippen LogP contribution is 2.31. The molecule has 2 aromatic carbocycles. The molecule has 0 radical (unpaired) electrons. The van der Waals surface area contributed by atoms with Crippen LogP contribution in [0.15, 0.2) is 47.4 Å². The van der Waals surface area contributed by atoms with Gasteiger partial charge in [-0.1, -0.05) is 0 Å². The summed E-state index contributed by atoms with van der Waals surface area (Å²) in [6.07, 6.45) is 0. The monoisotopic (exact) mass is 376 g/mol. The van der Waals surface area contributed by atoms with Gasteiger partial charge < -0.3 is 14.8 Å². The number of carbonyl (C=O) groups excluding carboxylic acids is 2. The first-order valence-electron chi connectivity index (χ1n) is 7.59. The molecule has 26 heavy (non-hydrogen) atoms. The van der Waals surface area contributed by atoms with Gasteiger partial charge in [0.1, 0.15) is 11.5 Å². The number of hydrogen-bond acceptors (Lipinski definition) is 6. The van der Waals surface area contributed by atoms with E-state index in [1.807, 2.05) is 0 Å². The molecule has 1 amide bonds. The Morgan fingerprint density at radius 3 is 2.50 bits per heavy atom. The fraction of sp³-hybridized carbons (Fsp3) is 0.176. The van der Waals surface area contributed by atoms with Crippen LogP contribution >= 0.6 is 0 Å². The summed E-state index contributed by atoms with van der Waals surface area (Å²) < 4.78 is 35.6. The van der Waals surface area contributed by atoms with Crippen LogP contribution in [0.2, 0.25) is 0 Å². The highest BCUT2D eigenvalue weighted by atomic mass is 32.2. The van der Waals surface area contributed by atoms with Gasteiger partial charge in [-0.2, -0.15) is 0 Å². The molecule has 1 aliphatic rings. The number of fused-ring (bicyclic) bond motifs is 1. The summed E-state index contributed by atoms with van der Waals surface area (Å²) in [7, 11) is -0.713. The van der Waals surface area contributed by atoms with Gasteiger partial charge in [-0.3, -0.25) is 4.79 Å². The number of sulfonamides is 1. The number of nitrogens with zero attached hydrogens (tertiary/aromatic N) is 1. The highest BCUT2D eigenvalue weighted by molar-refractivity contribution is 7.89. The second-order valence-corrected chi connectivity index (χ2v) is 7.85. The average molecular weight is 376 g/mol. The first-order chi connectivity index (χ1) is 12.3. The number of ether oxygens (including phenoxy) is 2. The molecule has 8 nitrogen and oxygen atoms in total. The molecule has 0 spiro atoms. The Bertz CT molecular complexity index is 967. The summed E-state index contributed by atoms with van der Waals surface area (Å²) >= 11 is 0. The number of nitrogens with one attached hydrogen (secondary N) is 1. The van der Waals surface area contributed by atoms with Crippen LogP contribution in [0.5, 0.6) is 11.5 Å². The van der Waals surface area contributed by atoms with Crippen LogP contribution in [0.3, 0.4) is 0 Å². The van der Waals surface area contributed by atoms with E-state index in [1.165, 1.54) is 44.4 Å². The zero-order valence-electron chi connectivity index (χ0n) is 14.1. The van der Waals surface area contributed by atoms with Crippen molar-refractivity contribution in [1.82, 2.24) is 4.31 Å². The van der Waals surface area contributed by atoms with E-state index in [4.69, 9.17) is 9.47 Å². The van der Waals surface area contributed by atoms with Crippen molar-refractivity contribution in [3.8, 4) is 11.5 Å². The van der Waals surface area contributed by atoms with Crippen LogP contribution in [0.4, 0.5) is 5.69 Å². The molecule has 0 unspecified atom stereocenters. The number of amides is 1. The molecule has 2 aromatic rings. The third kappa shape index (κ3) is 3.53. The Morgan fingerprint density at radius 2 is 1.85 bits per heavy atom. The lowest BCUT2D eigenvalue weighted by atomic mass is 10.2. The lowest BCUT2D eigenvalue weighted by Crippen LogP contribution is -2.25. The summed E-state index contributed by atoms with van der Waals surface area (Å²) in [6.45, 7) is -0.0612. The van der Waals surface area contributed by atoms with Crippen molar-refractivity contribution in [2.24, 2.45) is 0 Å². The molecule has 9 heteroatoms. The molecule has 3 rings (SSSR count). The number of rotatable bonds is 4. The molecule has 0 bridgehead atoms.